The van der Waals surface area contributed by atoms with E-state index in [9.17, 15) is 18.7 Å². The number of carbonyl (C=O) groups excluding carboxylic acids is 1. The number of halogens is 2. The van der Waals surface area contributed by atoms with E-state index in [0.717, 1.165) is 17.8 Å². The van der Waals surface area contributed by atoms with E-state index in [0.29, 0.717) is 18.7 Å². The lowest BCUT2D eigenvalue weighted by Gasteiger charge is -2.40. The fraction of sp³-hybridized carbons (Fsp3) is 0.292. The fourth-order valence-electron chi connectivity index (χ4n) is 4.21. The molecule has 5 N–H and O–H groups in total. The highest BCUT2D eigenvalue weighted by atomic mass is 19.1. The molecule has 1 saturated heterocycles. The van der Waals surface area contributed by atoms with E-state index < -0.39 is 29.6 Å². The molecule has 0 aliphatic carbocycles. The number of piperidine rings is 1. The Labute approximate surface area is 190 Å². The van der Waals surface area contributed by atoms with Crippen LogP contribution in [0.3, 0.4) is 0 Å². The van der Waals surface area contributed by atoms with Gasteiger partial charge < -0.3 is 21.5 Å². The van der Waals surface area contributed by atoms with Crippen LogP contribution < -0.4 is 16.4 Å². The predicted molar refractivity (Wildman–Crippen MR) is 122 cm³/mol. The zero-order chi connectivity index (χ0) is 23.7. The summed E-state index contributed by atoms with van der Waals surface area (Å²) in [5, 5.41) is 10.2. The first kappa shape index (κ1) is 22.8. The van der Waals surface area contributed by atoms with Crippen LogP contribution in [0.15, 0.2) is 48.8 Å². The zero-order valence-corrected chi connectivity index (χ0v) is 18.1. The molecule has 9 heteroatoms. The number of aliphatic hydroxyl groups is 1. The predicted octanol–water partition coefficient (Wildman–Crippen LogP) is 2.57. The first-order valence-corrected chi connectivity index (χ1v) is 10.6. The quantitative estimate of drug-likeness (QED) is 0.508. The number of nitrogens with two attached hydrogens (primary N) is 2. The summed E-state index contributed by atoms with van der Waals surface area (Å²) < 4.78 is 28.5. The molecule has 3 atom stereocenters. The van der Waals surface area contributed by atoms with Crippen molar-refractivity contribution in [2.24, 2.45) is 11.7 Å². The number of ketones is 1. The Morgan fingerprint density at radius 1 is 1.18 bits per heavy atom. The smallest absolute Gasteiger partial charge is 0.187 e. The molecule has 0 radical (unpaired) electrons. The van der Waals surface area contributed by atoms with Crippen LogP contribution in [0.1, 0.15) is 23.0 Å². The fourth-order valence-corrected chi connectivity index (χ4v) is 4.21. The van der Waals surface area contributed by atoms with Crippen molar-refractivity contribution in [1.82, 2.24) is 9.97 Å². The molecule has 7 nitrogen and oxygen atoms in total. The average Bonchev–Trinajstić information content (AvgIpc) is 2.78. The van der Waals surface area contributed by atoms with Gasteiger partial charge in [0.05, 0.1) is 23.0 Å². The van der Waals surface area contributed by atoms with E-state index in [2.05, 4.69) is 9.97 Å². The number of aliphatic hydroxyl groups excluding tert-OH is 1. The van der Waals surface area contributed by atoms with Crippen molar-refractivity contribution in [3.8, 4) is 11.3 Å². The molecule has 33 heavy (non-hydrogen) atoms. The Hall–Kier alpha value is -3.43. The minimum atomic E-state index is -0.780. The Balaban J connectivity index is 1.64. The van der Waals surface area contributed by atoms with Crippen LogP contribution in [0.2, 0.25) is 0 Å². The van der Waals surface area contributed by atoms with Crippen molar-refractivity contribution in [1.29, 1.82) is 0 Å². The Bertz CT molecular complexity index is 1160. The number of carbonyl (C=O) groups is 1. The average molecular weight is 453 g/mol. The third-order valence-corrected chi connectivity index (χ3v) is 5.94. The Morgan fingerprint density at radius 3 is 2.61 bits per heavy atom. The summed E-state index contributed by atoms with van der Waals surface area (Å²) in [6, 6.07) is 7.68. The van der Waals surface area contributed by atoms with Crippen molar-refractivity contribution in [3.63, 3.8) is 0 Å². The minimum Gasteiger partial charge on any atom is -0.397 e. The molecular formula is C24H25F2N5O2. The third kappa shape index (κ3) is 4.55. The number of Topliss-reactive ketones (excluding diaryl/α,β-unsaturated/α-hetero) is 1. The third-order valence-electron chi connectivity index (χ3n) is 5.94. The van der Waals surface area contributed by atoms with Crippen LogP contribution in [0, 0.1) is 17.6 Å². The summed E-state index contributed by atoms with van der Waals surface area (Å²) in [5.74, 6) is -2.01. The van der Waals surface area contributed by atoms with Crippen molar-refractivity contribution >= 4 is 17.2 Å². The molecule has 1 fully saturated rings. The van der Waals surface area contributed by atoms with Gasteiger partial charge in [0.1, 0.15) is 17.3 Å². The van der Waals surface area contributed by atoms with E-state index >= 15 is 0 Å². The summed E-state index contributed by atoms with van der Waals surface area (Å²) in [4.78, 5) is 23.5. The number of pyridine rings is 2. The molecule has 0 spiro atoms. The summed E-state index contributed by atoms with van der Waals surface area (Å²) in [6.45, 7) is 2.92. The van der Waals surface area contributed by atoms with Gasteiger partial charge in [-0.05, 0) is 30.3 Å². The first-order chi connectivity index (χ1) is 15.8. The van der Waals surface area contributed by atoms with Crippen molar-refractivity contribution in [2.75, 3.05) is 23.7 Å². The monoisotopic (exact) mass is 453 g/mol. The van der Waals surface area contributed by atoms with Gasteiger partial charge in [-0.1, -0.05) is 13.0 Å². The van der Waals surface area contributed by atoms with E-state index in [1.165, 1.54) is 18.2 Å². The van der Waals surface area contributed by atoms with Gasteiger partial charge in [0, 0.05) is 55.1 Å². The SMILES string of the molecule is C[C@@H]1CN(c2ccncc2CC(=O)c2nc(-c3c(F)cccc3F)ccc2N)C[C@@H](N)[C@H]1O. The maximum Gasteiger partial charge on any atom is 0.187 e. The topological polar surface area (TPSA) is 118 Å². The molecule has 0 bridgehead atoms. The molecule has 2 aromatic heterocycles. The van der Waals surface area contributed by atoms with Crippen LogP contribution >= 0.6 is 0 Å². The maximum absolute atomic E-state index is 14.2. The maximum atomic E-state index is 14.2. The van der Waals surface area contributed by atoms with E-state index in [1.54, 1.807) is 18.5 Å². The van der Waals surface area contributed by atoms with E-state index in [4.69, 9.17) is 11.5 Å². The summed E-state index contributed by atoms with van der Waals surface area (Å²) in [6.07, 6.45) is 2.55. The zero-order valence-electron chi connectivity index (χ0n) is 18.1. The van der Waals surface area contributed by atoms with Gasteiger partial charge in [-0.15, -0.1) is 0 Å². The van der Waals surface area contributed by atoms with Gasteiger partial charge >= 0.3 is 0 Å². The summed E-state index contributed by atoms with van der Waals surface area (Å²) >= 11 is 0. The van der Waals surface area contributed by atoms with Crippen LogP contribution in [-0.2, 0) is 6.42 Å². The van der Waals surface area contributed by atoms with Crippen molar-refractivity contribution in [3.05, 3.63) is 71.7 Å². The number of anilines is 2. The molecule has 1 aliphatic heterocycles. The molecule has 3 heterocycles. The lowest BCUT2D eigenvalue weighted by molar-refractivity contribution is 0.0784. The van der Waals surface area contributed by atoms with Gasteiger partial charge in [-0.25, -0.2) is 13.8 Å². The highest BCUT2D eigenvalue weighted by Gasteiger charge is 2.32. The highest BCUT2D eigenvalue weighted by Crippen LogP contribution is 2.29. The molecule has 1 aromatic carbocycles. The van der Waals surface area contributed by atoms with Crippen molar-refractivity contribution in [2.45, 2.75) is 25.5 Å². The lowest BCUT2D eigenvalue weighted by Crippen LogP contribution is -2.55. The van der Waals surface area contributed by atoms with Gasteiger partial charge in [0.15, 0.2) is 5.78 Å². The highest BCUT2D eigenvalue weighted by molar-refractivity contribution is 6.01. The number of rotatable bonds is 5. The number of nitrogen functional groups attached to an aromatic ring is 1. The second kappa shape index (κ2) is 9.21. The van der Waals surface area contributed by atoms with Crippen LogP contribution in [0.4, 0.5) is 20.2 Å². The van der Waals surface area contributed by atoms with Crippen LogP contribution in [0.25, 0.3) is 11.3 Å². The molecule has 172 valence electrons. The van der Waals surface area contributed by atoms with Gasteiger partial charge in [-0.2, -0.15) is 0 Å². The van der Waals surface area contributed by atoms with Gasteiger partial charge in [-0.3, -0.25) is 9.78 Å². The molecule has 3 aromatic rings. The Morgan fingerprint density at radius 2 is 1.91 bits per heavy atom. The van der Waals surface area contributed by atoms with Gasteiger partial charge in [0.2, 0.25) is 0 Å². The number of aromatic nitrogens is 2. The minimum absolute atomic E-state index is 0.0145. The normalized spacial score (nSPS) is 20.6. The van der Waals surface area contributed by atoms with E-state index in [-0.39, 0.29) is 35.0 Å². The number of hydrogen-bond acceptors (Lipinski definition) is 7. The van der Waals surface area contributed by atoms with Gasteiger partial charge in [0.25, 0.3) is 0 Å². The summed E-state index contributed by atoms with van der Waals surface area (Å²) in [7, 11) is 0. The van der Waals surface area contributed by atoms with Crippen LogP contribution in [-0.4, -0.2) is 46.1 Å². The molecule has 1 aliphatic rings. The molecule has 0 amide bonds. The second-order valence-electron chi connectivity index (χ2n) is 8.37. The first-order valence-electron chi connectivity index (χ1n) is 10.6. The number of benzene rings is 1. The van der Waals surface area contributed by atoms with Crippen LogP contribution in [0.5, 0.6) is 0 Å². The van der Waals surface area contributed by atoms with Crippen molar-refractivity contribution < 1.29 is 18.7 Å². The molecule has 0 unspecified atom stereocenters. The largest absolute Gasteiger partial charge is 0.397 e. The number of hydrogen-bond donors (Lipinski definition) is 3. The second-order valence-corrected chi connectivity index (χ2v) is 8.37. The molecule has 4 rings (SSSR count). The van der Waals surface area contributed by atoms with E-state index in [1.807, 2.05) is 11.8 Å². The number of nitrogens with zero attached hydrogens (tertiary/aromatic N) is 3. The Kier molecular flexibility index (Phi) is 6.35. The standard InChI is InChI=1S/C24H25F2N5O2/c1-13-11-31(12-18(28)24(13)33)20-7-8-29-10-14(20)9-21(32)23-17(27)5-6-19(30-23)22-15(25)3-2-4-16(22)26/h2-8,10,13,18,24,33H,9,11-12,27-28H2,1H3/t13-,18-,24+/m1/s1. The molecular weight excluding hydrogens is 428 g/mol. The molecule has 0 saturated carbocycles. The summed E-state index contributed by atoms with van der Waals surface area (Å²) in [5.41, 5.74) is 13.2. The lowest BCUT2D eigenvalue weighted by atomic mass is 9.92.